The van der Waals surface area contributed by atoms with Gasteiger partial charge in [0.1, 0.15) is 0 Å². The summed E-state index contributed by atoms with van der Waals surface area (Å²) in [4.78, 5) is 0. The molecule has 0 amide bonds. The van der Waals surface area contributed by atoms with Crippen molar-refractivity contribution in [2.24, 2.45) is 0 Å². The molecule has 0 saturated carbocycles. The van der Waals surface area contributed by atoms with Crippen molar-refractivity contribution in [3.8, 4) is 0 Å². The summed E-state index contributed by atoms with van der Waals surface area (Å²) in [7, 11) is 6.21. The van der Waals surface area contributed by atoms with Crippen LogP contribution in [0.1, 0.15) is 11.1 Å². The molecule has 1 aliphatic rings. The summed E-state index contributed by atoms with van der Waals surface area (Å²) in [5.41, 5.74) is 1.69. The quantitative estimate of drug-likeness (QED) is 0.717. The summed E-state index contributed by atoms with van der Waals surface area (Å²) < 4.78 is 21.8. The van der Waals surface area contributed by atoms with Crippen LogP contribution >= 0.6 is 0 Å². The lowest BCUT2D eigenvalue weighted by molar-refractivity contribution is -0.429. The molecule has 4 nitrogen and oxygen atoms in total. The molecule has 0 bridgehead atoms. The van der Waals surface area contributed by atoms with Crippen molar-refractivity contribution in [3.05, 3.63) is 35.4 Å². The Morgan fingerprint density at radius 2 is 1.06 bits per heavy atom. The number of methoxy groups -OCH3 is 4. The lowest BCUT2D eigenvalue weighted by Crippen LogP contribution is -2.62. The first-order valence-electron chi connectivity index (χ1n) is 4.85. The van der Waals surface area contributed by atoms with E-state index < -0.39 is 11.6 Å². The molecule has 0 radical (unpaired) electrons. The third-order valence-electron chi connectivity index (χ3n) is 3.10. The standard InChI is InChI=1S/C12H14O4/c1-13-11(14-2)9-7-5-6-8-10(9)12(11,15-3)16-4/h7-8H,1-4H3. The monoisotopic (exact) mass is 222 g/mol. The summed E-state index contributed by atoms with van der Waals surface area (Å²) in [5.74, 6) is -2.09. The maximum absolute atomic E-state index is 5.44. The van der Waals surface area contributed by atoms with Crippen LogP contribution in [0.15, 0.2) is 12.1 Å². The average molecular weight is 222 g/mol. The Labute approximate surface area is 95.1 Å². The van der Waals surface area contributed by atoms with Gasteiger partial charge < -0.3 is 18.9 Å². The van der Waals surface area contributed by atoms with Gasteiger partial charge in [-0.15, -0.1) is 0 Å². The van der Waals surface area contributed by atoms with Crippen LogP contribution in [-0.4, -0.2) is 28.4 Å². The summed E-state index contributed by atoms with van der Waals surface area (Å²) >= 11 is 0. The molecule has 0 spiro atoms. The van der Waals surface area contributed by atoms with Gasteiger partial charge in [-0.2, -0.15) is 0 Å². The fraction of sp³-hybridized carbons (Fsp3) is 0.500. The third-order valence-corrected chi connectivity index (χ3v) is 3.10. The van der Waals surface area contributed by atoms with Gasteiger partial charge >= 0.3 is 0 Å². The molecule has 1 aromatic carbocycles. The summed E-state index contributed by atoms with van der Waals surface area (Å²) in [6, 6.07) is 9.26. The molecule has 0 N–H and O–H groups in total. The van der Waals surface area contributed by atoms with E-state index in [2.05, 4.69) is 12.1 Å². The van der Waals surface area contributed by atoms with E-state index in [-0.39, 0.29) is 0 Å². The van der Waals surface area contributed by atoms with E-state index in [4.69, 9.17) is 18.9 Å². The predicted molar refractivity (Wildman–Crippen MR) is 55.5 cm³/mol. The zero-order valence-electron chi connectivity index (χ0n) is 9.79. The molecule has 0 fully saturated rings. The molecule has 16 heavy (non-hydrogen) atoms. The molecule has 0 unspecified atom stereocenters. The highest BCUT2D eigenvalue weighted by molar-refractivity contribution is 5.45. The van der Waals surface area contributed by atoms with E-state index in [1.54, 1.807) is 40.6 Å². The van der Waals surface area contributed by atoms with Crippen molar-refractivity contribution in [2.75, 3.05) is 28.4 Å². The topological polar surface area (TPSA) is 36.9 Å². The van der Waals surface area contributed by atoms with Crippen LogP contribution in [0.25, 0.3) is 0 Å². The molecule has 0 aliphatic heterocycles. The average Bonchev–Trinajstić information content (AvgIpc) is 2.34. The van der Waals surface area contributed by atoms with Crippen LogP contribution < -0.4 is 0 Å². The minimum Gasteiger partial charge on any atom is -0.345 e. The minimum absolute atomic E-state index is 0.847. The van der Waals surface area contributed by atoms with Crippen LogP contribution in [0, 0.1) is 12.1 Å². The number of rotatable bonds is 4. The molecule has 0 atom stereocenters. The van der Waals surface area contributed by atoms with E-state index >= 15 is 0 Å². The summed E-state index contributed by atoms with van der Waals surface area (Å²) in [6.45, 7) is 0. The Morgan fingerprint density at radius 1 is 0.750 bits per heavy atom. The van der Waals surface area contributed by atoms with Gasteiger partial charge in [0.2, 0.25) is 0 Å². The predicted octanol–water partition coefficient (Wildman–Crippen LogP) is 1.19. The lowest BCUT2D eigenvalue weighted by atomic mass is 9.75. The fourth-order valence-electron chi connectivity index (χ4n) is 2.36. The van der Waals surface area contributed by atoms with E-state index in [1.165, 1.54) is 0 Å². The second kappa shape index (κ2) is 3.72. The van der Waals surface area contributed by atoms with Crippen molar-refractivity contribution < 1.29 is 18.9 Å². The fourth-order valence-corrected chi connectivity index (χ4v) is 2.36. The molecule has 0 aromatic heterocycles. The maximum atomic E-state index is 5.44. The molecular weight excluding hydrogens is 208 g/mol. The first-order valence-corrected chi connectivity index (χ1v) is 4.85. The molecule has 0 heterocycles. The van der Waals surface area contributed by atoms with Gasteiger partial charge in [-0.05, 0) is 12.1 Å². The van der Waals surface area contributed by atoms with Crippen molar-refractivity contribution in [1.82, 2.24) is 0 Å². The van der Waals surface area contributed by atoms with Crippen LogP contribution in [0.5, 0.6) is 0 Å². The van der Waals surface area contributed by atoms with Gasteiger partial charge in [-0.3, -0.25) is 0 Å². The normalized spacial score (nSPS) is 19.5. The minimum atomic E-state index is -1.04. The van der Waals surface area contributed by atoms with Crippen LogP contribution in [0.4, 0.5) is 0 Å². The summed E-state index contributed by atoms with van der Waals surface area (Å²) in [6.07, 6.45) is 0. The Bertz CT molecular complexity index is 343. The second-order valence-corrected chi connectivity index (χ2v) is 3.45. The number of ether oxygens (including phenoxy) is 4. The van der Waals surface area contributed by atoms with Gasteiger partial charge in [0.25, 0.3) is 11.6 Å². The smallest absolute Gasteiger partial charge is 0.256 e. The highest BCUT2D eigenvalue weighted by Crippen LogP contribution is 2.57. The molecule has 2 rings (SSSR count). The van der Waals surface area contributed by atoms with E-state index in [9.17, 15) is 0 Å². The Hall–Kier alpha value is -1.12. The maximum Gasteiger partial charge on any atom is 0.256 e. The molecule has 86 valence electrons. The first kappa shape index (κ1) is 11.4. The Kier molecular flexibility index (Phi) is 2.64. The molecular formula is C12H14O4. The van der Waals surface area contributed by atoms with E-state index in [0.29, 0.717) is 0 Å². The molecule has 1 aliphatic carbocycles. The van der Waals surface area contributed by atoms with Crippen LogP contribution in [0.2, 0.25) is 0 Å². The van der Waals surface area contributed by atoms with Crippen LogP contribution in [0.3, 0.4) is 0 Å². The highest BCUT2D eigenvalue weighted by atomic mass is 16.8. The largest absolute Gasteiger partial charge is 0.345 e. The van der Waals surface area contributed by atoms with E-state index in [1.807, 2.05) is 0 Å². The van der Waals surface area contributed by atoms with Gasteiger partial charge in [-0.1, -0.05) is 12.1 Å². The number of hydrogen-bond acceptors (Lipinski definition) is 4. The molecule has 0 saturated heterocycles. The first-order chi connectivity index (χ1) is 7.72. The zero-order chi connectivity index (χ0) is 11.8. The SMILES string of the molecule is COC1(OC)c2cc#ccc2C1(OC)OC. The third kappa shape index (κ3) is 0.989. The lowest BCUT2D eigenvalue weighted by Gasteiger charge is -2.54. The van der Waals surface area contributed by atoms with Crippen LogP contribution in [-0.2, 0) is 30.5 Å². The Morgan fingerprint density at radius 3 is 1.31 bits per heavy atom. The van der Waals surface area contributed by atoms with Gasteiger partial charge in [0, 0.05) is 39.6 Å². The Balaban J connectivity index is 2.62. The summed E-state index contributed by atoms with van der Waals surface area (Å²) in [5, 5.41) is 0. The van der Waals surface area contributed by atoms with Crippen molar-refractivity contribution >= 4 is 0 Å². The van der Waals surface area contributed by atoms with Crippen molar-refractivity contribution in [2.45, 2.75) is 11.6 Å². The van der Waals surface area contributed by atoms with Crippen molar-refractivity contribution in [3.63, 3.8) is 0 Å². The number of fused-ring (bicyclic) bond motifs is 1. The van der Waals surface area contributed by atoms with Gasteiger partial charge in [0.05, 0.1) is 0 Å². The van der Waals surface area contributed by atoms with Gasteiger partial charge in [-0.25, -0.2) is 0 Å². The molecule has 4 heteroatoms. The van der Waals surface area contributed by atoms with Crippen molar-refractivity contribution in [1.29, 1.82) is 0 Å². The van der Waals surface area contributed by atoms with Gasteiger partial charge in [0.15, 0.2) is 0 Å². The second-order valence-electron chi connectivity index (χ2n) is 3.45. The molecule has 1 aromatic rings. The van der Waals surface area contributed by atoms with E-state index in [0.717, 1.165) is 11.1 Å². The number of hydrogen-bond donors (Lipinski definition) is 0. The highest BCUT2D eigenvalue weighted by Gasteiger charge is 2.67. The zero-order valence-corrected chi connectivity index (χ0v) is 9.79.